The first-order chi connectivity index (χ1) is 12.0. The number of aliphatic hydroxyl groups excluding tert-OH is 1. The Balaban J connectivity index is 2.58. The van der Waals surface area contributed by atoms with Gasteiger partial charge in [0.25, 0.3) is 0 Å². The molecule has 0 saturated carbocycles. The molecule has 0 spiro atoms. The Morgan fingerprint density at radius 2 is 2.04 bits per heavy atom. The molecule has 0 aliphatic rings. The predicted molar refractivity (Wildman–Crippen MR) is 101 cm³/mol. The topological polar surface area (TPSA) is 46.5 Å². The van der Waals surface area contributed by atoms with Gasteiger partial charge in [-0.15, -0.1) is 0 Å². The molecule has 132 valence electrons. The van der Waals surface area contributed by atoms with Crippen molar-refractivity contribution >= 4 is 5.97 Å². The number of benzene rings is 2. The van der Waals surface area contributed by atoms with Gasteiger partial charge in [0, 0.05) is 11.6 Å². The first-order valence-electron chi connectivity index (χ1n) is 8.69. The average molecular weight is 338 g/mol. The van der Waals surface area contributed by atoms with Crippen LogP contribution in [0, 0.1) is 13.8 Å². The number of unbranched alkanes of at least 4 members (excludes halogenated alkanes) is 1. The van der Waals surface area contributed by atoms with Crippen LogP contribution in [0.4, 0.5) is 0 Å². The Hall–Kier alpha value is -2.39. The molecular formula is C22H26O3. The summed E-state index contributed by atoms with van der Waals surface area (Å²) in [5, 5.41) is 11.1. The zero-order valence-corrected chi connectivity index (χ0v) is 15.2. The number of ether oxygens (including phenoxy) is 1. The molecule has 0 aliphatic heterocycles. The lowest BCUT2D eigenvalue weighted by molar-refractivity contribution is -0.129. The lowest BCUT2D eigenvalue weighted by Crippen LogP contribution is -2.12. The smallest absolute Gasteiger partial charge is 0.335 e. The molecule has 0 saturated heterocycles. The van der Waals surface area contributed by atoms with Crippen LogP contribution in [-0.4, -0.2) is 11.1 Å². The third kappa shape index (κ3) is 4.58. The third-order valence-corrected chi connectivity index (χ3v) is 4.34. The van der Waals surface area contributed by atoms with Gasteiger partial charge in [-0.25, -0.2) is 4.79 Å². The van der Waals surface area contributed by atoms with Gasteiger partial charge in [-0.2, -0.15) is 0 Å². The highest BCUT2D eigenvalue weighted by atomic mass is 16.5. The summed E-state index contributed by atoms with van der Waals surface area (Å²) in [6, 6.07) is 11.4. The van der Waals surface area contributed by atoms with E-state index in [4.69, 9.17) is 4.74 Å². The van der Waals surface area contributed by atoms with Gasteiger partial charge < -0.3 is 9.84 Å². The number of carbonyl (C=O) groups is 1. The second-order valence-corrected chi connectivity index (χ2v) is 6.32. The third-order valence-electron chi connectivity index (χ3n) is 4.34. The number of rotatable bonds is 7. The molecule has 3 heteroatoms. The molecule has 0 heterocycles. The number of hydrogen-bond donors (Lipinski definition) is 1. The second kappa shape index (κ2) is 8.63. The molecule has 1 atom stereocenters. The van der Waals surface area contributed by atoms with Crippen molar-refractivity contribution in [1.82, 2.24) is 0 Å². The minimum absolute atomic E-state index is 0.399. The molecule has 1 N–H and O–H groups in total. The fraction of sp³-hybridized carbons (Fsp3) is 0.318. The lowest BCUT2D eigenvalue weighted by atomic mass is 9.89. The van der Waals surface area contributed by atoms with E-state index in [0.717, 1.165) is 47.6 Å². The number of carbonyl (C=O) groups excluding carboxylic acids is 1. The molecule has 25 heavy (non-hydrogen) atoms. The molecule has 2 rings (SSSR count). The maximum atomic E-state index is 11.7. The van der Waals surface area contributed by atoms with E-state index in [-0.39, 0.29) is 0 Å². The van der Waals surface area contributed by atoms with Crippen molar-refractivity contribution < 1.29 is 14.6 Å². The van der Waals surface area contributed by atoms with Crippen molar-refractivity contribution in [3.05, 3.63) is 76.9 Å². The highest BCUT2D eigenvalue weighted by Crippen LogP contribution is 2.36. The summed E-state index contributed by atoms with van der Waals surface area (Å²) in [6.07, 6.45) is 3.18. The van der Waals surface area contributed by atoms with E-state index in [1.807, 2.05) is 44.2 Å². The van der Waals surface area contributed by atoms with Gasteiger partial charge in [-0.1, -0.05) is 55.8 Å². The van der Waals surface area contributed by atoms with Crippen LogP contribution >= 0.6 is 0 Å². The summed E-state index contributed by atoms with van der Waals surface area (Å²) in [7, 11) is 0. The SMILES string of the molecule is C=CC(=O)Oc1ccc(C)c(CCCC)c1C(O)c1cccc(C)c1. The van der Waals surface area contributed by atoms with Crippen LogP contribution in [0.25, 0.3) is 0 Å². The Bertz CT molecular complexity index is 762. The molecule has 0 fully saturated rings. The maximum absolute atomic E-state index is 11.7. The standard InChI is InChI=1S/C22H26O3/c1-5-7-11-18-16(4)12-13-19(25-20(23)6-2)21(18)22(24)17-10-8-9-15(3)14-17/h6,8-10,12-14,22,24H,2,5,7,11H2,1,3-4H3. The summed E-state index contributed by atoms with van der Waals surface area (Å²) in [5.74, 6) is -0.126. The summed E-state index contributed by atoms with van der Waals surface area (Å²) >= 11 is 0. The number of esters is 1. The van der Waals surface area contributed by atoms with Crippen molar-refractivity contribution in [3.63, 3.8) is 0 Å². The van der Waals surface area contributed by atoms with E-state index >= 15 is 0 Å². The van der Waals surface area contributed by atoms with E-state index in [0.29, 0.717) is 11.3 Å². The fourth-order valence-corrected chi connectivity index (χ4v) is 2.98. The number of aliphatic hydroxyl groups is 1. The normalized spacial score (nSPS) is 11.8. The molecule has 1 unspecified atom stereocenters. The summed E-state index contributed by atoms with van der Waals surface area (Å²) in [5.41, 5.74) is 4.68. The molecule has 0 bridgehead atoms. The van der Waals surface area contributed by atoms with Gasteiger partial charge in [-0.05, 0) is 49.4 Å². The number of hydrogen-bond acceptors (Lipinski definition) is 3. The van der Waals surface area contributed by atoms with Crippen LogP contribution in [0.15, 0.2) is 49.1 Å². The Labute approximate surface area is 150 Å². The van der Waals surface area contributed by atoms with Crippen LogP contribution in [0.1, 0.15) is 53.7 Å². The Morgan fingerprint density at radius 3 is 2.68 bits per heavy atom. The van der Waals surface area contributed by atoms with Crippen LogP contribution in [0.2, 0.25) is 0 Å². The van der Waals surface area contributed by atoms with E-state index < -0.39 is 12.1 Å². The fourth-order valence-electron chi connectivity index (χ4n) is 2.98. The minimum atomic E-state index is -0.848. The second-order valence-electron chi connectivity index (χ2n) is 6.32. The van der Waals surface area contributed by atoms with Gasteiger partial charge in [0.1, 0.15) is 11.9 Å². The molecule has 2 aromatic carbocycles. The van der Waals surface area contributed by atoms with Gasteiger partial charge in [0.2, 0.25) is 0 Å². The van der Waals surface area contributed by atoms with Gasteiger partial charge in [0.15, 0.2) is 0 Å². The summed E-state index contributed by atoms with van der Waals surface area (Å²) in [4.78, 5) is 11.7. The van der Waals surface area contributed by atoms with Crippen molar-refractivity contribution in [3.8, 4) is 5.75 Å². The first kappa shape index (κ1) is 18.9. The van der Waals surface area contributed by atoms with Crippen molar-refractivity contribution in [2.24, 2.45) is 0 Å². The molecule has 0 amide bonds. The zero-order chi connectivity index (χ0) is 18.4. The monoisotopic (exact) mass is 338 g/mol. The van der Waals surface area contributed by atoms with Gasteiger partial charge in [0.05, 0.1) is 0 Å². The first-order valence-corrected chi connectivity index (χ1v) is 8.69. The van der Waals surface area contributed by atoms with Crippen LogP contribution in [0.3, 0.4) is 0 Å². The minimum Gasteiger partial charge on any atom is -0.423 e. The molecule has 2 aromatic rings. The lowest BCUT2D eigenvalue weighted by Gasteiger charge is -2.21. The maximum Gasteiger partial charge on any atom is 0.335 e. The van der Waals surface area contributed by atoms with Crippen LogP contribution in [0.5, 0.6) is 5.75 Å². The summed E-state index contributed by atoms with van der Waals surface area (Å²) in [6.45, 7) is 9.60. The molecular weight excluding hydrogens is 312 g/mol. The van der Waals surface area contributed by atoms with E-state index in [1.165, 1.54) is 0 Å². The molecule has 0 aromatic heterocycles. The molecule has 0 radical (unpaired) electrons. The van der Waals surface area contributed by atoms with Gasteiger partial charge >= 0.3 is 5.97 Å². The molecule has 3 nitrogen and oxygen atoms in total. The predicted octanol–water partition coefficient (Wildman–Crippen LogP) is 4.82. The highest BCUT2D eigenvalue weighted by Gasteiger charge is 2.22. The average Bonchev–Trinajstić information content (AvgIpc) is 2.61. The van der Waals surface area contributed by atoms with Crippen molar-refractivity contribution in [2.75, 3.05) is 0 Å². The largest absolute Gasteiger partial charge is 0.423 e. The highest BCUT2D eigenvalue weighted by molar-refractivity contribution is 5.83. The van der Waals surface area contributed by atoms with Crippen molar-refractivity contribution in [1.29, 1.82) is 0 Å². The van der Waals surface area contributed by atoms with E-state index in [2.05, 4.69) is 13.5 Å². The Kier molecular flexibility index (Phi) is 6.54. The Morgan fingerprint density at radius 1 is 1.28 bits per heavy atom. The van der Waals surface area contributed by atoms with E-state index in [1.54, 1.807) is 6.07 Å². The summed E-state index contributed by atoms with van der Waals surface area (Å²) < 4.78 is 5.43. The van der Waals surface area contributed by atoms with Gasteiger partial charge in [-0.3, -0.25) is 0 Å². The quantitative estimate of drug-likeness (QED) is 0.447. The zero-order valence-electron chi connectivity index (χ0n) is 15.2. The van der Waals surface area contributed by atoms with E-state index in [9.17, 15) is 9.90 Å². The van der Waals surface area contributed by atoms with Crippen LogP contribution in [-0.2, 0) is 11.2 Å². The molecule has 0 aliphatic carbocycles. The van der Waals surface area contributed by atoms with Crippen molar-refractivity contribution in [2.45, 2.75) is 46.1 Å². The number of aryl methyl sites for hydroxylation is 2. The van der Waals surface area contributed by atoms with Crippen LogP contribution < -0.4 is 4.74 Å².